The van der Waals surface area contributed by atoms with Crippen LogP contribution in [0.1, 0.15) is 23.2 Å². The highest BCUT2D eigenvalue weighted by Crippen LogP contribution is 2.26. The number of nitrogens with one attached hydrogen (secondary N) is 1. The van der Waals surface area contributed by atoms with Crippen molar-refractivity contribution in [3.05, 3.63) is 66.4 Å². The molecule has 0 aliphatic carbocycles. The van der Waals surface area contributed by atoms with Crippen LogP contribution in [0.5, 0.6) is 5.75 Å². The van der Waals surface area contributed by atoms with Crippen LogP contribution in [0.15, 0.2) is 60.8 Å². The Morgan fingerprint density at radius 1 is 1.06 bits per heavy atom. The van der Waals surface area contributed by atoms with E-state index in [4.69, 9.17) is 14.6 Å². The first kappa shape index (κ1) is 22.0. The average Bonchev–Trinajstić information content (AvgIpc) is 3.31. The van der Waals surface area contributed by atoms with Crippen LogP contribution in [0.4, 0.5) is 0 Å². The van der Waals surface area contributed by atoms with Crippen LogP contribution >= 0.6 is 0 Å². The van der Waals surface area contributed by atoms with Crippen LogP contribution in [0, 0.1) is 0 Å². The maximum Gasteiger partial charge on any atom is 0.255 e. The Hall–Kier alpha value is -3.16. The quantitative estimate of drug-likeness (QED) is 0.523. The van der Waals surface area contributed by atoms with Gasteiger partial charge in [-0.1, -0.05) is 18.2 Å². The molecule has 1 aromatic heterocycles. The lowest BCUT2D eigenvalue weighted by Gasteiger charge is -2.26. The summed E-state index contributed by atoms with van der Waals surface area (Å²) in [5, 5.41) is 7.80. The number of aromatic nitrogens is 2. The summed E-state index contributed by atoms with van der Waals surface area (Å²) in [6, 6.07) is 17.4. The predicted octanol–water partition coefficient (Wildman–Crippen LogP) is 3.39. The molecule has 3 aromatic rings. The fourth-order valence-corrected chi connectivity index (χ4v) is 3.80. The van der Waals surface area contributed by atoms with Gasteiger partial charge < -0.3 is 14.8 Å². The number of unbranched alkanes of at least 4 members (excludes halogenated alkanes) is 1. The first-order valence-electron chi connectivity index (χ1n) is 11.1. The van der Waals surface area contributed by atoms with Gasteiger partial charge in [-0.15, -0.1) is 0 Å². The Balaban J connectivity index is 1.44. The largest absolute Gasteiger partial charge is 0.497 e. The van der Waals surface area contributed by atoms with Gasteiger partial charge in [0.2, 0.25) is 0 Å². The number of carbonyl (C=O) groups excluding carboxylic acids is 1. The minimum atomic E-state index is -0.107. The van der Waals surface area contributed by atoms with Crippen molar-refractivity contribution in [2.45, 2.75) is 12.8 Å². The van der Waals surface area contributed by atoms with Gasteiger partial charge in [-0.05, 0) is 55.8 Å². The van der Waals surface area contributed by atoms with Gasteiger partial charge in [0.1, 0.15) is 11.4 Å². The van der Waals surface area contributed by atoms with Gasteiger partial charge in [-0.2, -0.15) is 5.10 Å². The molecule has 2 aromatic carbocycles. The highest BCUT2D eigenvalue weighted by atomic mass is 16.5. The molecule has 1 fully saturated rings. The number of methoxy groups -OCH3 is 1. The number of benzene rings is 2. The summed E-state index contributed by atoms with van der Waals surface area (Å²) in [6.07, 6.45) is 3.79. The molecule has 1 aliphatic heterocycles. The number of nitrogens with zero attached hydrogens (tertiary/aromatic N) is 3. The van der Waals surface area contributed by atoms with E-state index in [0.29, 0.717) is 17.8 Å². The van der Waals surface area contributed by atoms with E-state index < -0.39 is 0 Å². The van der Waals surface area contributed by atoms with Crippen molar-refractivity contribution >= 4 is 5.91 Å². The molecule has 1 N–H and O–H groups in total. The molecule has 0 radical (unpaired) electrons. The number of hydrogen-bond donors (Lipinski definition) is 1. The summed E-state index contributed by atoms with van der Waals surface area (Å²) in [4.78, 5) is 15.5. The third kappa shape index (κ3) is 5.55. The molecule has 0 unspecified atom stereocenters. The number of ether oxygens (including phenoxy) is 2. The van der Waals surface area contributed by atoms with E-state index in [1.807, 2.05) is 54.6 Å². The second-order valence-electron chi connectivity index (χ2n) is 7.82. The number of hydrogen-bond acceptors (Lipinski definition) is 5. The average molecular weight is 435 g/mol. The van der Waals surface area contributed by atoms with Crippen LogP contribution in [-0.4, -0.2) is 67.1 Å². The SMILES string of the molecule is COc1ccc(-c2nn(-c3ccccc3)cc2C(=O)NCCCCN2CCOCC2)cc1. The summed E-state index contributed by atoms with van der Waals surface area (Å²) in [5.41, 5.74) is 3.00. The van der Waals surface area contributed by atoms with Crippen molar-refractivity contribution in [2.24, 2.45) is 0 Å². The van der Waals surface area contributed by atoms with E-state index >= 15 is 0 Å². The highest BCUT2D eigenvalue weighted by Gasteiger charge is 2.18. The zero-order valence-corrected chi connectivity index (χ0v) is 18.5. The van der Waals surface area contributed by atoms with Crippen LogP contribution in [0.3, 0.4) is 0 Å². The second-order valence-corrected chi connectivity index (χ2v) is 7.82. The summed E-state index contributed by atoms with van der Waals surface area (Å²) in [7, 11) is 1.64. The molecule has 0 spiro atoms. The van der Waals surface area contributed by atoms with Gasteiger partial charge in [-0.3, -0.25) is 9.69 Å². The van der Waals surface area contributed by atoms with E-state index in [-0.39, 0.29) is 5.91 Å². The monoisotopic (exact) mass is 434 g/mol. The normalized spacial score (nSPS) is 14.3. The summed E-state index contributed by atoms with van der Waals surface area (Å²) in [5.74, 6) is 0.659. The van der Waals surface area contributed by atoms with Crippen molar-refractivity contribution in [3.8, 4) is 22.7 Å². The molecule has 1 aliphatic rings. The first-order valence-corrected chi connectivity index (χ1v) is 11.1. The Morgan fingerprint density at radius 2 is 1.81 bits per heavy atom. The molecule has 0 bridgehead atoms. The molecule has 0 atom stereocenters. The molecule has 168 valence electrons. The maximum absolute atomic E-state index is 13.1. The molecule has 4 rings (SSSR count). The number of carbonyl (C=O) groups is 1. The van der Waals surface area contributed by atoms with E-state index in [9.17, 15) is 4.79 Å². The van der Waals surface area contributed by atoms with Crippen molar-refractivity contribution in [2.75, 3.05) is 46.5 Å². The number of morpholine rings is 1. The van der Waals surface area contributed by atoms with Gasteiger partial charge in [0.05, 0.1) is 31.6 Å². The fraction of sp³-hybridized carbons (Fsp3) is 0.360. The predicted molar refractivity (Wildman–Crippen MR) is 124 cm³/mol. The lowest BCUT2D eigenvalue weighted by molar-refractivity contribution is 0.0372. The Labute approximate surface area is 188 Å². The molecular weight excluding hydrogens is 404 g/mol. The first-order chi connectivity index (χ1) is 15.7. The molecule has 7 heteroatoms. The minimum Gasteiger partial charge on any atom is -0.497 e. The standard InChI is InChI=1S/C25H30N4O3/c1-31-22-11-9-20(10-12-22)24-23(19-29(27-24)21-7-3-2-4-8-21)25(30)26-13-5-6-14-28-15-17-32-18-16-28/h2-4,7-12,19H,5-6,13-18H2,1H3,(H,26,30). The zero-order chi connectivity index (χ0) is 22.2. The van der Waals surface area contributed by atoms with Crippen molar-refractivity contribution < 1.29 is 14.3 Å². The van der Waals surface area contributed by atoms with Gasteiger partial charge in [0.25, 0.3) is 5.91 Å². The minimum absolute atomic E-state index is 0.107. The molecule has 0 saturated carbocycles. The molecule has 2 heterocycles. The number of rotatable bonds is 9. The lowest BCUT2D eigenvalue weighted by Crippen LogP contribution is -2.37. The second kappa shape index (κ2) is 10.9. The van der Waals surface area contributed by atoms with Gasteiger partial charge in [-0.25, -0.2) is 4.68 Å². The van der Waals surface area contributed by atoms with E-state index in [2.05, 4.69) is 10.2 Å². The smallest absolute Gasteiger partial charge is 0.255 e. The van der Waals surface area contributed by atoms with Crippen LogP contribution in [0.2, 0.25) is 0 Å². The highest BCUT2D eigenvalue weighted by molar-refractivity contribution is 5.99. The number of para-hydroxylation sites is 1. The fourth-order valence-electron chi connectivity index (χ4n) is 3.80. The molecule has 1 amide bonds. The van der Waals surface area contributed by atoms with Crippen LogP contribution < -0.4 is 10.1 Å². The van der Waals surface area contributed by atoms with Crippen molar-refractivity contribution in [1.82, 2.24) is 20.0 Å². The van der Waals surface area contributed by atoms with Gasteiger partial charge in [0.15, 0.2) is 0 Å². The Bertz CT molecular complexity index is 996. The summed E-state index contributed by atoms with van der Waals surface area (Å²) in [6.45, 7) is 5.31. The van der Waals surface area contributed by atoms with E-state index in [0.717, 1.165) is 62.7 Å². The van der Waals surface area contributed by atoms with E-state index in [1.54, 1.807) is 18.0 Å². The van der Waals surface area contributed by atoms with Crippen molar-refractivity contribution in [1.29, 1.82) is 0 Å². The van der Waals surface area contributed by atoms with Crippen molar-refractivity contribution in [3.63, 3.8) is 0 Å². The third-order valence-corrected chi connectivity index (χ3v) is 5.63. The molecular formula is C25H30N4O3. The maximum atomic E-state index is 13.1. The Morgan fingerprint density at radius 3 is 2.53 bits per heavy atom. The summed E-state index contributed by atoms with van der Waals surface area (Å²) >= 11 is 0. The van der Waals surface area contributed by atoms with Crippen LogP contribution in [0.25, 0.3) is 16.9 Å². The molecule has 32 heavy (non-hydrogen) atoms. The lowest BCUT2D eigenvalue weighted by atomic mass is 10.1. The topological polar surface area (TPSA) is 68.6 Å². The van der Waals surface area contributed by atoms with Gasteiger partial charge in [0, 0.05) is 31.4 Å². The third-order valence-electron chi connectivity index (χ3n) is 5.63. The summed E-state index contributed by atoms with van der Waals surface area (Å²) < 4.78 is 12.4. The van der Waals surface area contributed by atoms with Gasteiger partial charge >= 0.3 is 0 Å². The molecule has 7 nitrogen and oxygen atoms in total. The zero-order valence-electron chi connectivity index (χ0n) is 18.5. The van der Waals surface area contributed by atoms with Crippen LogP contribution in [-0.2, 0) is 4.74 Å². The van der Waals surface area contributed by atoms with E-state index in [1.165, 1.54) is 0 Å². The molecule has 1 saturated heterocycles. The Kier molecular flexibility index (Phi) is 7.53. The number of amides is 1.